The number of carbonyl (C=O) groups excluding carboxylic acids is 1. The van der Waals surface area contributed by atoms with Crippen LogP contribution in [0.2, 0.25) is 0 Å². The Morgan fingerprint density at radius 2 is 1.96 bits per heavy atom. The quantitative estimate of drug-likeness (QED) is 0.800. The van der Waals surface area contributed by atoms with E-state index in [-0.39, 0.29) is 5.91 Å². The number of anilines is 1. The molecule has 1 N–H and O–H groups in total. The lowest BCUT2D eigenvalue weighted by Gasteiger charge is -2.08. The summed E-state index contributed by atoms with van der Waals surface area (Å²) in [5.74, 6) is 0.385. The minimum atomic E-state index is -0.165. The molecule has 5 heteroatoms. The van der Waals surface area contributed by atoms with Gasteiger partial charge in [-0.2, -0.15) is 5.10 Å². The summed E-state index contributed by atoms with van der Waals surface area (Å²) >= 11 is 0. The molecule has 0 atom stereocenters. The van der Waals surface area contributed by atoms with Crippen LogP contribution in [0.15, 0.2) is 48.7 Å². The smallest absolute Gasteiger partial charge is 0.256 e. The van der Waals surface area contributed by atoms with Gasteiger partial charge in [0.25, 0.3) is 5.91 Å². The Labute approximate surface area is 141 Å². The summed E-state index contributed by atoms with van der Waals surface area (Å²) in [6.45, 7) is 6.60. The Bertz CT molecular complexity index is 865. The van der Waals surface area contributed by atoms with Crippen LogP contribution >= 0.6 is 0 Å². The van der Waals surface area contributed by atoms with Crippen LogP contribution in [0.5, 0.6) is 0 Å². The van der Waals surface area contributed by atoms with E-state index >= 15 is 0 Å². The van der Waals surface area contributed by atoms with Gasteiger partial charge in [0.05, 0.1) is 12.2 Å². The molecule has 24 heavy (non-hydrogen) atoms. The SMILES string of the molecule is Cc1ccc(NC(=O)c2cccc(Cn3nc(C)cc3C)c2)nc1. The standard InChI is InChI=1S/C19H20N4O/c1-13-7-8-18(20-11-13)21-19(24)17-6-4-5-16(10-17)12-23-15(3)9-14(2)22-23/h4-11H,12H2,1-3H3,(H,20,21,24). The monoisotopic (exact) mass is 320 g/mol. The lowest BCUT2D eigenvalue weighted by atomic mass is 10.1. The van der Waals surface area contributed by atoms with Gasteiger partial charge in [-0.05, 0) is 56.2 Å². The zero-order chi connectivity index (χ0) is 17.1. The molecule has 3 aromatic rings. The molecule has 2 aromatic heterocycles. The van der Waals surface area contributed by atoms with Gasteiger partial charge < -0.3 is 5.32 Å². The van der Waals surface area contributed by atoms with E-state index in [1.54, 1.807) is 18.3 Å². The van der Waals surface area contributed by atoms with Crippen LogP contribution in [0, 0.1) is 20.8 Å². The Kier molecular flexibility index (Phi) is 4.42. The van der Waals surface area contributed by atoms with E-state index in [1.165, 1.54) is 0 Å². The van der Waals surface area contributed by atoms with Crippen LogP contribution in [0.3, 0.4) is 0 Å². The zero-order valence-corrected chi connectivity index (χ0v) is 14.1. The average molecular weight is 320 g/mol. The molecule has 0 spiro atoms. The van der Waals surface area contributed by atoms with Crippen molar-refractivity contribution in [1.82, 2.24) is 14.8 Å². The van der Waals surface area contributed by atoms with Crippen molar-refractivity contribution >= 4 is 11.7 Å². The number of aryl methyl sites for hydroxylation is 3. The van der Waals surface area contributed by atoms with Gasteiger partial charge in [-0.25, -0.2) is 4.98 Å². The van der Waals surface area contributed by atoms with Crippen LogP contribution in [0.4, 0.5) is 5.82 Å². The van der Waals surface area contributed by atoms with E-state index in [2.05, 4.69) is 15.4 Å². The van der Waals surface area contributed by atoms with Crippen molar-refractivity contribution in [3.63, 3.8) is 0 Å². The number of nitrogens with one attached hydrogen (secondary N) is 1. The van der Waals surface area contributed by atoms with Crippen molar-refractivity contribution in [2.75, 3.05) is 5.32 Å². The van der Waals surface area contributed by atoms with Crippen molar-refractivity contribution in [3.8, 4) is 0 Å². The van der Waals surface area contributed by atoms with Crippen molar-refractivity contribution in [3.05, 3.63) is 76.7 Å². The maximum atomic E-state index is 12.4. The predicted molar refractivity (Wildman–Crippen MR) is 94.2 cm³/mol. The highest BCUT2D eigenvalue weighted by atomic mass is 16.1. The van der Waals surface area contributed by atoms with Crippen molar-refractivity contribution in [2.24, 2.45) is 0 Å². The summed E-state index contributed by atoms with van der Waals surface area (Å²) in [5, 5.41) is 7.28. The summed E-state index contributed by atoms with van der Waals surface area (Å²) < 4.78 is 1.94. The van der Waals surface area contributed by atoms with Crippen LogP contribution < -0.4 is 5.32 Å². The number of amides is 1. The van der Waals surface area contributed by atoms with Gasteiger partial charge in [0.1, 0.15) is 5.82 Å². The number of hydrogen-bond acceptors (Lipinski definition) is 3. The fraction of sp³-hybridized carbons (Fsp3) is 0.211. The number of aromatic nitrogens is 3. The molecule has 0 unspecified atom stereocenters. The molecule has 0 saturated carbocycles. The van der Waals surface area contributed by atoms with Crippen molar-refractivity contribution in [1.29, 1.82) is 0 Å². The Morgan fingerprint density at radius 3 is 2.62 bits per heavy atom. The summed E-state index contributed by atoms with van der Waals surface area (Å²) in [6.07, 6.45) is 1.73. The second-order valence-corrected chi connectivity index (χ2v) is 5.96. The molecule has 122 valence electrons. The zero-order valence-electron chi connectivity index (χ0n) is 14.1. The van der Waals surface area contributed by atoms with Crippen LogP contribution in [-0.2, 0) is 6.54 Å². The van der Waals surface area contributed by atoms with Gasteiger partial charge in [-0.15, -0.1) is 0 Å². The van der Waals surface area contributed by atoms with Gasteiger partial charge in [-0.3, -0.25) is 9.48 Å². The van der Waals surface area contributed by atoms with E-state index in [4.69, 9.17) is 0 Å². The molecule has 5 nitrogen and oxygen atoms in total. The van der Waals surface area contributed by atoms with Gasteiger partial charge in [0, 0.05) is 17.5 Å². The topological polar surface area (TPSA) is 59.8 Å². The fourth-order valence-corrected chi connectivity index (χ4v) is 2.55. The normalized spacial score (nSPS) is 10.6. The van der Waals surface area contributed by atoms with Crippen molar-refractivity contribution in [2.45, 2.75) is 27.3 Å². The molecule has 3 rings (SSSR count). The van der Waals surface area contributed by atoms with Crippen LogP contribution in [0.25, 0.3) is 0 Å². The highest BCUT2D eigenvalue weighted by Gasteiger charge is 2.09. The first-order valence-corrected chi connectivity index (χ1v) is 7.85. The molecule has 0 aliphatic carbocycles. The molecule has 0 saturated heterocycles. The second-order valence-electron chi connectivity index (χ2n) is 5.96. The van der Waals surface area contributed by atoms with Crippen LogP contribution in [0.1, 0.15) is 32.9 Å². The average Bonchev–Trinajstić information content (AvgIpc) is 2.87. The molecule has 2 heterocycles. The van der Waals surface area contributed by atoms with Gasteiger partial charge in [-0.1, -0.05) is 18.2 Å². The number of hydrogen-bond donors (Lipinski definition) is 1. The first kappa shape index (κ1) is 15.9. The third kappa shape index (κ3) is 3.68. The first-order valence-electron chi connectivity index (χ1n) is 7.85. The van der Waals surface area contributed by atoms with Crippen LogP contribution in [-0.4, -0.2) is 20.7 Å². The minimum Gasteiger partial charge on any atom is -0.307 e. The van der Waals surface area contributed by atoms with E-state index in [9.17, 15) is 4.79 Å². The summed E-state index contributed by atoms with van der Waals surface area (Å²) in [5.41, 5.74) is 4.79. The van der Waals surface area contributed by atoms with Gasteiger partial charge >= 0.3 is 0 Å². The molecule has 1 aromatic carbocycles. The number of rotatable bonds is 4. The lowest BCUT2D eigenvalue weighted by molar-refractivity contribution is 0.102. The summed E-state index contributed by atoms with van der Waals surface area (Å²) in [6, 6.07) is 13.3. The van der Waals surface area contributed by atoms with E-state index in [0.717, 1.165) is 22.5 Å². The van der Waals surface area contributed by atoms with E-state index in [1.807, 2.05) is 55.8 Å². The number of nitrogens with zero attached hydrogens (tertiary/aromatic N) is 3. The Hall–Kier alpha value is -2.95. The maximum absolute atomic E-state index is 12.4. The molecule has 1 amide bonds. The Balaban J connectivity index is 1.75. The predicted octanol–water partition coefficient (Wildman–Crippen LogP) is 3.50. The summed E-state index contributed by atoms with van der Waals surface area (Å²) in [4.78, 5) is 16.6. The molecule has 0 radical (unpaired) electrons. The largest absolute Gasteiger partial charge is 0.307 e. The number of benzene rings is 1. The fourth-order valence-electron chi connectivity index (χ4n) is 2.55. The maximum Gasteiger partial charge on any atom is 0.256 e. The van der Waals surface area contributed by atoms with E-state index < -0.39 is 0 Å². The molecule has 0 fully saturated rings. The molecule has 0 bridgehead atoms. The molecule has 0 aliphatic heterocycles. The minimum absolute atomic E-state index is 0.165. The number of pyridine rings is 1. The summed E-state index contributed by atoms with van der Waals surface area (Å²) in [7, 11) is 0. The second kappa shape index (κ2) is 6.66. The van der Waals surface area contributed by atoms with E-state index in [0.29, 0.717) is 17.9 Å². The van der Waals surface area contributed by atoms with Crippen molar-refractivity contribution < 1.29 is 4.79 Å². The molecular formula is C19H20N4O. The Morgan fingerprint density at radius 1 is 1.12 bits per heavy atom. The lowest BCUT2D eigenvalue weighted by Crippen LogP contribution is -2.13. The first-order chi connectivity index (χ1) is 11.5. The highest BCUT2D eigenvalue weighted by Crippen LogP contribution is 2.12. The van der Waals surface area contributed by atoms with Gasteiger partial charge in [0.2, 0.25) is 0 Å². The third-order valence-corrected chi connectivity index (χ3v) is 3.78. The van der Waals surface area contributed by atoms with Gasteiger partial charge in [0.15, 0.2) is 0 Å². The molecule has 0 aliphatic rings. The highest BCUT2D eigenvalue weighted by molar-refractivity contribution is 6.03. The third-order valence-electron chi connectivity index (χ3n) is 3.78. The number of carbonyl (C=O) groups is 1. The molecular weight excluding hydrogens is 300 g/mol.